The Hall–Kier alpha value is -0.0400. The monoisotopic (exact) mass is 210 g/mol. The second kappa shape index (κ2) is 3.48. The summed E-state index contributed by atoms with van der Waals surface area (Å²) in [6, 6.07) is 0. The first-order chi connectivity index (χ1) is 6.88. The number of fused-ring (bicyclic) bond motifs is 1. The molecule has 0 bridgehead atoms. The predicted molar refractivity (Wildman–Crippen MR) is 63.6 cm³/mol. The van der Waals surface area contributed by atoms with Gasteiger partial charge in [-0.25, -0.2) is 0 Å². The van der Waals surface area contributed by atoms with Crippen molar-refractivity contribution in [3.63, 3.8) is 0 Å². The van der Waals surface area contributed by atoms with Crippen molar-refractivity contribution in [2.24, 2.45) is 22.7 Å². The van der Waals surface area contributed by atoms with Gasteiger partial charge in [-0.3, -0.25) is 0 Å². The highest BCUT2D eigenvalue weighted by molar-refractivity contribution is 5.09. The Morgan fingerprint density at radius 2 is 1.87 bits per heavy atom. The molecule has 0 amide bonds. The quantitative estimate of drug-likeness (QED) is 0.754. The normalized spacial score (nSPS) is 46.4. The standard InChI is InChI=1S/C14H26O/c1-10(2)7-14-6-5-13(4,11(3)15)8-12(14)9-14/h10-12,15H,5-9H2,1-4H3/t11?,12-,13+,14+/m1/s1. The molecule has 1 nitrogen and oxygen atoms in total. The summed E-state index contributed by atoms with van der Waals surface area (Å²) in [7, 11) is 0. The van der Waals surface area contributed by atoms with Crippen LogP contribution in [0.4, 0.5) is 0 Å². The third kappa shape index (κ3) is 1.95. The summed E-state index contributed by atoms with van der Waals surface area (Å²) in [4.78, 5) is 0. The second-order valence-electron chi connectivity index (χ2n) is 6.90. The molecule has 1 heteroatoms. The number of aliphatic hydroxyl groups is 1. The van der Waals surface area contributed by atoms with Crippen molar-refractivity contribution in [2.75, 3.05) is 0 Å². The molecule has 2 saturated carbocycles. The molecule has 0 aromatic heterocycles. The Balaban J connectivity index is 1.97. The van der Waals surface area contributed by atoms with Gasteiger partial charge in [-0.05, 0) is 61.7 Å². The van der Waals surface area contributed by atoms with Crippen LogP contribution < -0.4 is 0 Å². The molecular formula is C14H26O. The van der Waals surface area contributed by atoms with E-state index >= 15 is 0 Å². The average molecular weight is 210 g/mol. The van der Waals surface area contributed by atoms with Crippen molar-refractivity contribution in [3.05, 3.63) is 0 Å². The third-order valence-corrected chi connectivity index (χ3v) is 5.09. The van der Waals surface area contributed by atoms with Gasteiger partial charge >= 0.3 is 0 Å². The van der Waals surface area contributed by atoms with Crippen LogP contribution in [0.3, 0.4) is 0 Å². The highest BCUT2D eigenvalue weighted by atomic mass is 16.3. The van der Waals surface area contributed by atoms with Crippen LogP contribution in [-0.4, -0.2) is 11.2 Å². The Morgan fingerprint density at radius 3 is 2.33 bits per heavy atom. The minimum Gasteiger partial charge on any atom is -0.393 e. The summed E-state index contributed by atoms with van der Waals surface area (Å²) in [5.41, 5.74) is 0.907. The Labute approximate surface area is 94.3 Å². The Kier molecular flexibility index (Phi) is 2.65. The first kappa shape index (κ1) is 11.4. The zero-order valence-electron chi connectivity index (χ0n) is 10.7. The second-order valence-corrected chi connectivity index (χ2v) is 6.90. The summed E-state index contributed by atoms with van der Waals surface area (Å²) in [6.07, 6.45) is 6.57. The lowest BCUT2D eigenvalue weighted by Gasteiger charge is -2.39. The Bertz CT molecular complexity index is 246. The molecule has 0 saturated heterocycles. The number of hydrogen-bond acceptors (Lipinski definition) is 1. The molecule has 0 aromatic carbocycles. The maximum atomic E-state index is 9.84. The molecule has 15 heavy (non-hydrogen) atoms. The highest BCUT2D eigenvalue weighted by Crippen LogP contribution is 2.68. The molecule has 0 radical (unpaired) electrons. The number of aliphatic hydroxyl groups excluding tert-OH is 1. The molecule has 0 heterocycles. The molecule has 1 N–H and O–H groups in total. The summed E-state index contributed by atoms with van der Waals surface area (Å²) in [5.74, 6) is 1.76. The van der Waals surface area contributed by atoms with E-state index in [9.17, 15) is 5.11 Å². The molecule has 2 fully saturated rings. The molecule has 4 atom stereocenters. The minimum atomic E-state index is -0.129. The zero-order chi connectivity index (χ0) is 11.3. The van der Waals surface area contributed by atoms with Crippen LogP contribution in [0.25, 0.3) is 0 Å². The van der Waals surface area contributed by atoms with E-state index < -0.39 is 0 Å². The summed E-state index contributed by atoms with van der Waals surface area (Å²) >= 11 is 0. The fourth-order valence-corrected chi connectivity index (χ4v) is 3.77. The van der Waals surface area contributed by atoms with Crippen LogP contribution in [0.15, 0.2) is 0 Å². The van der Waals surface area contributed by atoms with Gasteiger partial charge < -0.3 is 5.11 Å². The Morgan fingerprint density at radius 1 is 1.20 bits per heavy atom. The molecule has 0 aliphatic heterocycles. The maximum Gasteiger partial charge on any atom is 0.0565 e. The van der Waals surface area contributed by atoms with Crippen molar-refractivity contribution in [1.82, 2.24) is 0 Å². The first-order valence-electron chi connectivity index (χ1n) is 6.56. The van der Waals surface area contributed by atoms with E-state index in [0.717, 1.165) is 11.8 Å². The van der Waals surface area contributed by atoms with Gasteiger partial charge in [0.15, 0.2) is 0 Å². The van der Waals surface area contributed by atoms with E-state index in [1.54, 1.807) is 0 Å². The van der Waals surface area contributed by atoms with Gasteiger partial charge in [0.1, 0.15) is 0 Å². The van der Waals surface area contributed by atoms with Crippen molar-refractivity contribution >= 4 is 0 Å². The third-order valence-electron chi connectivity index (χ3n) is 5.09. The zero-order valence-corrected chi connectivity index (χ0v) is 10.7. The largest absolute Gasteiger partial charge is 0.393 e. The van der Waals surface area contributed by atoms with Crippen molar-refractivity contribution < 1.29 is 5.11 Å². The van der Waals surface area contributed by atoms with Crippen LogP contribution in [0.5, 0.6) is 0 Å². The van der Waals surface area contributed by atoms with Crippen LogP contribution in [0.2, 0.25) is 0 Å². The van der Waals surface area contributed by atoms with Gasteiger partial charge in [-0.1, -0.05) is 20.8 Å². The van der Waals surface area contributed by atoms with E-state index in [1.165, 1.54) is 32.1 Å². The molecule has 1 unspecified atom stereocenters. The van der Waals surface area contributed by atoms with Gasteiger partial charge in [0.2, 0.25) is 0 Å². The maximum absolute atomic E-state index is 9.84. The molecule has 2 aliphatic carbocycles. The highest BCUT2D eigenvalue weighted by Gasteiger charge is 2.59. The lowest BCUT2D eigenvalue weighted by Crippen LogP contribution is -2.35. The van der Waals surface area contributed by atoms with Crippen molar-refractivity contribution in [1.29, 1.82) is 0 Å². The van der Waals surface area contributed by atoms with E-state index in [-0.39, 0.29) is 11.5 Å². The first-order valence-corrected chi connectivity index (χ1v) is 6.56. The van der Waals surface area contributed by atoms with Gasteiger partial charge in [0.25, 0.3) is 0 Å². The number of rotatable bonds is 3. The topological polar surface area (TPSA) is 20.2 Å². The summed E-state index contributed by atoms with van der Waals surface area (Å²) in [6.45, 7) is 8.92. The fraction of sp³-hybridized carbons (Fsp3) is 1.00. The SMILES string of the molecule is CC(C)C[C@]12CC[C@](C)(C(C)O)C[C@@H]1C2. The van der Waals surface area contributed by atoms with Gasteiger partial charge in [0.05, 0.1) is 6.10 Å². The van der Waals surface area contributed by atoms with Crippen LogP contribution in [0.1, 0.15) is 59.8 Å². The smallest absolute Gasteiger partial charge is 0.0565 e. The van der Waals surface area contributed by atoms with Crippen molar-refractivity contribution in [2.45, 2.75) is 65.9 Å². The van der Waals surface area contributed by atoms with Crippen LogP contribution in [0, 0.1) is 22.7 Å². The molecule has 0 aromatic rings. The average Bonchev–Trinajstić information content (AvgIpc) is 2.76. The lowest BCUT2D eigenvalue weighted by atomic mass is 9.67. The van der Waals surface area contributed by atoms with E-state index in [4.69, 9.17) is 0 Å². The lowest BCUT2D eigenvalue weighted by molar-refractivity contribution is 0.00690. The van der Waals surface area contributed by atoms with Gasteiger partial charge in [-0.2, -0.15) is 0 Å². The molecule has 2 rings (SSSR count). The number of hydrogen-bond donors (Lipinski definition) is 1. The van der Waals surface area contributed by atoms with Crippen LogP contribution >= 0.6 is 0 Å². The minimum absolute atomic E-state index is 0.129. The van der Waals surface area contributed by atoms with Crippen molar-refractivity contribution in [3.8, 4) is 0 Å². The molecule has 0 spiro atoms. The van der Waals surface area contributed by atoms with E-state index in [2.05, 4.69) is 20.8 Å². The van der Waals surface area contributed by atoms with Gasteiger partial charge in [-0.15, -0.1) is 0 Å². The summed E-state index contributed by atoms with van der Waals surface area (Å²) in [5, 5.41) is 9.84. The predicted octanol–water partition coefficient (Wildman–Crippen LogP) is 3.61. The van der Waals surface area contributed by atoms with Crippen LogP contribution in [-0.2, 0) is 0 Å². The van der Waals surface area contributed by atoms with E-state index in [0.29, 0.717) is 5.41 Å². The fourth-order valence-electron chi connectivity index (χ4n) is 3.77. The molecule has 88 valence electrons. The molecular weight excluding hydrogens is 184 g/mol. The summed E-state index contributed by atoms with van der Waals surface area (Å²) < 4.78 is 0. The van der Waals surface area contributed by atoms with Gasteiger partial charge in [0, 0.05) is 0 Å². The molecule has 2 aliphatic rings. The van der Waals surface area contributed by atoms with E-state index in [1.807, 2.05) is 6.92 Å².